The largest absolute Gasteiger partial charge is 0.484 e. The highest BCUT2D eigenvalue weighted by Gasteiger charge is 2.27. The molecule has 2 aromatic rings. The third-order valence-electron chi connectivity index (χ3n) is 2.23. The summed E-state index contributed by atoms with van der Waals surface area (Å²) in [7, 11) is 0. The molecular weight excluding hydrogens is 291 g/mol. The molecule has 0 amide bonds. The molecule has 0 spiro atoms. The van der Waals surface area contributed by atoms with Crippen molar-refractivity contribution >= 4 is 5.69 Å². The number of rotatable bonds is 6. The highest BCUT2D eigenvalue weighted by molar-refractivity contribution is 5.43. The number of nitrogens with zero attached hydrogens (tertiary/aromatic N) is 2. The monoisotopic (exact) mass is 303 g/mol. The number of alkyl halides is 3. The summed E-state index contributed by atoms with van der Waals surface area (Å²) in [5.74, 6) is 0.663. The zero-order chi connectivity index (χ0) is 15.3. The lowest BCUT2D eigenvalue weighted by Gasteiger charge is -2.04. The minimum atomic E-state index is -4.39. The molecule has 0 aliphatic rings. The Morgan fingerprint density at radius 3 is 2.76 bits per heavy atom. The molecule has 0 bridgehead atoms. The summed E-state index contributed by atoms with van der Waals surface area (Å²) < 4.78 is 50.2. The minimum absolute atomic E-state index is 0.0181. The summed E-state index contributed by atoms with van der Waals surface area (Å²) >= 11 is 0. The molecule has 0 atom stereocenters. The van der Waals surface area contributed by atoms with E-state index in [-0.39, 0.29) is 24.9 Å². The maximum atomic E-state index is 11.9. The maximum absolute atomic E-state index is 11.9. The van der Waals surface area contributed by atoms with Crippen molar-refractivity contribution in [3.8, 4) is 5.75 Å². The summed E-state index contributed by atoms with van der Waals surface area (Å²) in [4.78, 5) is 3.84. The Bertz CT molecular complexity index is 586. The lowest BCUT2D eigenvalue weighted by Crippen LogP contribution is -2.17. The Balaban J connectivity index is 1.80. The fourth-order valence-corrected chi connectivity index (χ4v) is 1.41. The molecule has 1 aromatic carbocycles. The van der Waals surface area contributed by atoms with E-state index in [9.17, 15) is 13.2 Å². The van der Waals surface area contributed by atoms with Crippen LogP contribution in [0.2, 0.25) is 0 Å². The first kappa shape index (κ1) is 15.1. The van der Waals surface area contributed by atoms with E-state index < -0.39 is 12.8 Å². The van der Waals surface area contributed by atoms with E-state index >= 15 is 0 Å². The van der Waals surface area contributed by atoms with Crippen molar-refractivity contribution in [2.75, 3.05) is 12.3 Å². The number of ether oxygens (including phenoxy) is 2. The van der Waals surface area contributed by atoms with E-state index in [1.165, 1.54) is 0 Å². The van der Waals surface area contributed by atoms with Crippen molar-refractivity contribution in [2.45, 2.75) is 19.4 Å². The van der Waals surface area contributed by atoms with Gasteiger partial charge < -0.3 is 19.7 Å². The molecule has 0 radical (unpaired) electrons. The van der Waals surface area contributed by atoms with Crippen LogP contribution in [0.15, 0.2) is 28.8 Å². The lowest BCUT2D eigenvalue weighted by molar-refractivity contribution is -0.177. The van der Waals surface area contributed by atoms with E-state index in [0.29, 0.717) is 11.4 Å². The zero-order valence-corrected chi connectivity index (χ0v) is 10.8. The van der Waals surface area contributed by atoms with E-state index in [0.717, 1.165) is 0 Å². The average molecular weight is 303 g/mol. The molecule has 0 saturated carbocycles. The van der Waals surface area contributed by atoms with Gasteiger partial charge in [-0.3, -0.25) is 0 Å². The molecule has 0 aliphatic heterocycles. The molecule has 1 heterocycles. The van der Waals surface area contributed by atoms with Gasteiger partial charge in [-0.15, -0.1) is 0 Å². The first-order valence-corrected chi connectivity index (χ1v) is 5.87. The lowest BCUT2D eigenvalue weighted by atomic mass is 10.3. The van der Waals surface area contributed by atoms with Crippen LogP contribution < -0.4 is 10.5 Å². The molecule has 0 aliphatic carbocycles. The number of benzene rings is 1. The summed E-state index contributed by atoms with van der Waals surface area (Å²) in [6.07, 6.45) is -4.39. The van der Waals surface area contributed by atoms with Crippen LogP contribution in [0.1, 0.15) is 11.7 Å². The van der Waals surface area contributed by atoms with Crippen LogP contribution in [-0.2, 0) is 18.0 Å². The van der Waals surface area contributed by atoms with Crippen molar-refractivity contribution in [2.24, 2.45) is 0 Å². The Labute approximate surface area is 117 Å². The van der Waals surface area contributed by atoms with Crippen molar-refractivity contribution in [1.29, 1.82) is 0 Å². The summed E-state index contributed by atoms with van der Waals surface area (Å²) in [6, 6.07) is 6.73. The van der Waals surface area contributed by atoms with Crippen LogP contribution in [0.5, 0.6) is 5.75 Å². The molecule has 21 heavy (non-hydrogen) atoms. The number of anilines is 1. The normalized spacial score (nSPS) is 11.6. The second-order valence-electron chi connectivity index (χ2n) is 4.07. The van der Waals surface area contributed by atoms with Crippen LogP contribution in [0.25, 0.3) is 0 Å². The first-order chi connectivity index (χ1) is 9.92. The molecule has 2 N–H and O–H groups in total. The number of hydrogen-bond donors (Lipinski definition) is 1. The van der Waals surface area contributed by atoms with Gasteiger partial charge in [-0.05, 0) is 12.1 Å². The highest BCUT2D eigenvalue weighted by Crippen LogP contribution is 2.17. The SMILES string of the molecule is Nc1cccc(OCc2nc(COCC(F)(F)F)no2)c1. The Morgan fingerprint density at radius 2 is 2.05 bits per heavy atom. The van der Waals surface area contributed by atoms with Gasteiger partial charge in [0.15, 0.2) is 12.4 Å². The molecule has 114 valence electrons. The summed E-state index contributed by atoms with van der Waals surface area (Å²) in [6.45, 7) is -1.77. The van der Waals surface area contributed by atoms with Crippen LogP contribution in [0.4, 0.5) is 18.9 Å². The average Bonchev–Trinajstić information content (AvgIpc) is 2.83. The maximum Gasteiger partial charge on any atom is 0.411 e. The fraction of sp³-hybridized carbons (Fsp3) is 0.333. The second-order valence-corrected chi connectivity index (χ2v) is 4.07. The number of nitrogen functional groups attached to an aromatic ring is 1. The number of halogens is 3. The Hall–Kier alpha value is -2.29. The minimum Gasteiger partial charge on any atom is -0.484 e. The number of hydrogen-bond acceptors (Lipinski definition) is 6. The second kappa shape index (κ2) is 6.44. The third-order valence-corrected chi connectivity index (χ3v) is 2.23. The van der Waals surface area contributed by atoms with Gasteiger partial charge in [0.2, 0.25) is 0 Å². The molecule has 2 rings (SSSR count). The predicted octanol–water partition coefficient (Wildman–Crippen LogP) is 2.31. The quantitative estimate of drug-likeness (QED) is 0.824. The molecule has 9 heteroatoms. The smallest absolute Gasteiger partial charge is 0.411 e. The van der Waals surface area contributed by atoms with Gasteiger partial charge >= 0.3 is 6.18 Å². The zero-order valence-electron chi connectivity index (χ0n) is 10.8. The van der Waals surface area contributed by atoms with Crippen molar-refractivity contribution in [3.63, 3.8) is 0 Å². The predicted molar refractivity (Wildman–Crippen MR) is 65.2 cm³/mol. The van der Waals surface area contributed by atoms with Gasteiger partial charge in [0.05, 0.1) is 0 Å². The highest BCUT2D eigenvalue weighted by atomic mass is 19.4. The van der Waals surface area contributed by atoms with Gasteiger partial charge in [0, 0.05) is 11.8 Å². The van der Waals surface area contributed by atoms with Gasteiger partial charge in [-0.2, -0.15) is 18.2 Å². The van der Waals surface area contributed by atoms with E-state index in [1.807, 2.05) is 0 Å². The molecular formula is C12H12F3N3O3. The number of nitrogens with two attached hydrogens (primary N) is 1. The van der Waals surface area contributed by atoms with Gasteiger partial charge in [-0.1, -0.05) is 11.2 Å². The van der Waals surface area contributed by atoms with Crippen LogP contribution in [-0.4, -0.2) is 22.9 Å². The molecule has 6 nitrogen and oxygen atoms in total. The van der Waals surface area contributed by atoms with Crippen molar-refractivity contribution in [3.05, 3.63) is 36.0 Å². The summed E-state index contributed by atoms with van der Waals surface area (Å²) in [5, 5.41) is 3.48. The first-order valence-electron chi connectivity index (χ1n) is 5.87. The number of aromatic nitrogens is 2. The van der Waals surface area contributed by atoms with Gasteiger partial charge in [-0.25, -0.2) is 0 Å². The molecule has 1 aromatic heterocycles. The molecule has 0 unspecified atom stereocenters. The van der Waals surface area contributed by atoms with E-state index in [2.05, 4.69) is 14.9 Å². The van der Waals surface area contributed by atoms with E-state index in [4.69, 9.17) is 15.0 Å². The molecule has 0 fully saturated rings. The van der Waals surface area contributed by atoms with Crippen LogP contribution in [0, 0.1) is 0 Å². The Morgan fingerprint density at radius 1 is 1.24 bits per heavy atom. The van der Waals surface area contributed by atoms with Gasteiger partial charge in [0.25, 0.3) is 5.89 Å². The van der Waals surface area contributed by atoms with Crippen molar-refractivity contribution in [1.82, 2.24) is 10.1 Å². The van der Waals surface area contributed by atoms with Gasteiger partial charge in [0.1, 0.15) is 19.0 Å². The third kappa shape index (κ3) is 5.30. The fourth-order valence-electron chi connectivity index (χ4n) is 1.41. The standard InChI is InChI=1S/C12H12F3N3O3/c13-12(14,15)7-19-5-10-17-11(21-18-10)6-20-9-3-1-2-8(16)4-9/h1-4H,5-7,16H2. The van der Waals surface area contributed by atoms with Crippen LogP contribution in [0.3, 0.4) is 0 Å². The van der Waals surface area contributed by atoms with Crippen molar-refractivity contribution < 1.29 is 27.2 Å². The van der Waals surface area contributed by atoms with Crippen LogP contribution >= 0.6 is 0 Å². The van der Waals surface area contributed by atoms with E-state index in [1.54, 1.807) is 24.3 Å². The molecule has 0 saturated heterocycles. The Kier molecular flexibility index (Phi) is 4.63. The topological polar surface area (TPSA) is 83.4 Å². The summed E-state index contributed by atoms with van der Waals surface area (Å²) in [5.41, 5.74) is 6.12.